The highest BCUT2D eigenvalue weighted by molar-refractivity contribution is 5.74. The zero-order chi connectivity index (χ0) is 18.5. The fourth-order valence-corrected chi connectivity index (χ4v) is 2.59. The molecule has 0 N–H and O–H groups in total. The van der Waals surface area contributed by atoms with Gasteiger partial charge in [0.15, 0.2) is 5.82 Å². The topological polar surface area (TPSA) is 77.5 Å². The molecule has 0 bridgehead atoms. The first-order valence-corrected chi connectivity index (χ1v) is 8.31. The summed E-state index contributed by atoms with van der Waals surface area (Å²) in [7, 11) is 1.35. The van der Waals surface area contributed by atoms with E-state index in [1.54, 1.807) is 0 Å². The van der Waals surface area contributed by atoms with Crippen LogP contribution in [0.15, 0.2) is 52.8 Å². The Balaban J connectivity index is 2.07. The quantitative estimate of drug-likeness (QED) is 0.493. The Hall–Kier alpha value is -3.22. The van der Waals surface area contributed by atoms with Crippen molar-refractivity contribution < 1.29 is 14.3 Å². The Morgan fingerprint density at radius 1 is 1.19 bits per heavy atom. The Morgan fingerprint density at radius 2 is 2.00 bits per heavy atom. The summed E-state index contributed by atoms with van der Waals surface area (Å²) in [4.78, 5) is 16.3. The van der Waals surface area contributed by atoms with Gasteiger partial charge in [-0.05, 0) is 37.6 Å². The van der Waals surface area contributed by atoms with Crippen LogP contribution in [-0.2, 0) is 16.0 Å². The fourth-order valence-electron chi connectivity index (χ4n) is 2.59. The molecule has 0 fully saturated rings. The summed E-state index contributed by atoms with van der Waals surface area (Å²) in [5.41, 5.74) is 2.85. The Bertz CT molecular complexity index is 963. The van der Waals surface area contributed by atoms with E-state index < -0.39 is 0 Å². The Morgan fingerprint density at radius 3 is 2.77 bits per heavy atom. The summed E-state index contributed by atoms with van der Waals surface area (Å²) in [6, 6.07) is 11.3. The molecule has 134 valence electrons. The predicted molar refractivity (Wildman–Crippen MR) is 97.4 cm³/mol. The summed E-state index contributed by atoms with van der Waals surface area (Å²) < 4.78 is 12.2. The maximum Gasteiger partial charge on any atom is 0.311 e. The third kappa shape index (κ3) is 3.56. The van der Waals surface area contributed by atoms with Gasteiger partial charge in [-0.15, -0.1) is 10.2 Å². The summed E-state index contributed by atoms with van der Waals surface area (Å²) in [6.07, 6.45) is 1.87. The molecule has 3 aromatic rings. The molecule has 0 saturated heterocycles. The van der Waals surface area contributed by atoms with Crippen molar-refractivity contribution in [3.05, 3.63) is 53.9 Å². The van der Waals surface area contributed by atoms with E-state index in [1.807, 2.05) is 60.8 Å². The van der Waals surface area contributed by atoms with E-state index in [2.05, 4.69) is 15.2 Å². The lowest BCUT2D eigenvalue weighted by Crippen LogP contribution is -2.04. The molecule has 2 aromatic heterocycles. The van der Waals surface area contributed by atoms with E-state index in [-0.39, 0.29) is 12.4 Å². The Labute approximate surface area is 151 Å². The van der Waals surface area contributed by atoms with E-state index in [1.165, 1.54) is 7.11 Å². The number of nitrogens with zero attached hydrogens (tertiary/aromatic N) is 4. The monoisotopic (exact) mass is 352 g/mol. The van der Waals surface area contributed by atoms with Gasteiger partial charge in [-0.3, -0.25) is 9.20 Å². The van der Waals surface area contributed by atoms with Crippen molar-refractivity contribution in [2.75, 3.05) is 13.7 Å². The van der Waals surface area contributed by atoms with Crippen LogP contribution in [0.5, 0.6) is 5.75 Å². The predicted octanol–water partition coefficient (Wildman–Crippen LogP) is 4.17. The van der Waals surface area contributed by atoms with E-state index in [0.717, 1.165) is 11.2 Å². The lowest BCUT2D eigenvalue weighted by atomic mass is 10.3. The number of carbonyl (C=O) groups is 1. The summed E-state index contributed by atoms with van der Waals surface area (Å²) in [6.45, 7) is 4.40. The number of carbonyl (C=O) groups excluding carboxylic acids is 1. The normalized spacial score (nSPS) is 11.2. The summed E-state index contributed by atoms with van der Waals surface area (Å²) in [5, 5.41) is 8.70. The first-order chi connectivity index (χ1) is 12.6. The lowest BCUT2D eigenvalue weighted by molar-refractivity contribution is -0.139. The molecular weight excluding hydrogens is 332 g/mol. The number of rotatable bonds is 6. The number of esters is 1. The number of hydrogen-bond acceptors (Lipinski definition) is 6. The number of methoxy groups -OCH3 is 1. The molecule has 0 amide bonds. The molecule has 0 aliphatic heterocycles. The largest absolute Gasteiger partial charge is 0.492 e. The minimum atomic E-state index is -0.378. The molecule has 7 nitrogen and oxygen atoms in total. The summed E-state index contributed by atoms with van der Waals surface area (Å²) in [5.74, 6) is 0.774. The zero-order valence-electron chi connectivity index (χ0n) is 15.0. The van der Waals surface area contributed by atoms with Crippen molar-refractivity contribution >= 4 is 23.1 Å². The van der Waals surface area contributed by atoms with Crippen LogP contribution >= 0.6 is 0 Å². The molecule has 2 heterocycles. The highest BCUT2D eigenvalue weighted by Crippen LogP contribution is 2.30. The molecule has 0 aliphatic rings. The molecule has 0 radical (unpaired) electrons. The van der Waals surface area contributed by atoms with Crippen molar-refractivity contribution in [3.63, 3.8) is 0 Å². The number of azo groups is 1. The van der Waals surface area contributed by atoms with Crippen molar-refractivity contribution in [1.82, 2.24) is 9.38 Å². The molecule has 0 atom stereocenters. The van der Waals surface area contributed by atoms with Crippen LogP contribution < -0.4 is 4.74 Å². The second kappa shape index (κ2) is 7.77. The van der Waals surface area contributed by atoms with Crippen LogP contribution in [0.3, 0.4) is 0 Å². The second-order valence-electron chi connectivity index (χ2n) is 5.62. The molecule has 0 saturated carbocycles. The first kappa shape index (κ1) is 17.6. The standard InChI is InChI=1S/C19H20N4O3/c1-4-26-16-10-6-5-9-14(16)21-22-19-15(12-17(24)25-3)20-18-13(2)8-7-11-23(18)19/h5-11H,4,12H2,1-3H3. The SMILES string of the molecule is CCOc1ccccc1N=Nc1c(CC(=O)OC)nc2c(C)cccn12. The van der Waals surface area contributed by atoms with Crippen LogP contribution in [0, 0.1) is 6.92 Å². The second-order valence-corrected chi connectivity index (χ2v) is 5.62. The molecule has 7 heteroatoms. The number of imidazole rings is 1. The van der Waals surface area contributed by atoms with E-state index >= 15 is 0 Å². The van der Waals surface area contributed by atoms with E-state index in [4.69, 9.17) is 9.47 Å². The summed E-state index contributed by atoms with van der Waals surface area (Å²) >= 11 is 0. The van der Waals surface area contributed by atoms with E-state index in [9.17, 15) is 4.79 Å². The van der Waals surface area contributed by atoms with Crippen molar-refractivity contribution in [2.45, 2.75) is 20.3 Å². The van der Waals surface area contributed by atoms with Gasteiger partial charge in [0.05, 0.1) is 25.8 Å². The zero-order valence-corrected chi connectivity index (χ0v) is 15.0. The van der Waals surface area contributed by atoms with E-state index in [0.29, 0.717) is 29.6 Å². The van der Waals surface area contributed by atoms with Gasteiger partial charge in [-0.2, -0.15) is 0 Å². The number of aryl methyl sites for hydroxylation is 1. The number of ether oxygens (including phenoxy) is 2. The number of pyridine rings is 1. The van der Waals surface area contributed by atoms with Crippen LogP contribution in [0.1, 0.15) is 18.2 Å². The van der Waals surface area contributed by atoms with Gasteiger partial charge in [0.25, 0.3) is 0 Å². The van der Waals surface area contributed by atoms with Gasteiger partial charge in [0.2, 0.25) is 0 Å². The molecule has 0 aliphatic carbocycles. The molecule has 3 rings (SSSR count). The number of benzene rings is 1. The smallest absolute Gasteiger partial charge is 0.311 e. The molecule has 0 unspecified atom stereocenters. The first-order valence-electron chi connectivity index (χ1n) is 8.31. The third-order valence-corrected chi connectivity index (χ3v) is 3.85. The number of para-hydroxylation sites is 1. The van der Waals surface area contributed by atoms with Crippen molar-refractivity contribution in [3.8, 4) is 5.75 Å². The average Bonchev–Trinajstić information content (AvgIpc) is 3.00. The van der Waals surface area contributed by atoms with Crippen LogP contribution in [0.25, 0.3) is 5.65 Å². The van der Waals surface area contributed by atoms with Gasteiger partial charge >= 0.3 is 5.97 Å². The third-order valence-electron chi connectivity index (χ3n) is 3.85. The van der Waals surface area contributed by atoms with Crippen LogP contribution in [0.4, 0.5) is 11.5 Å². The minimum Gasteiger partial charge on any atom is -0.492 e. The van der Waals surface area contributed by atoms with Gasteiger partial charge in [0, 0.05) is 6.20 Å². The molecular formula is C19H20N4O3. The molecule has 26 heavy (non-hydrogen) atoms. The fraction of sp³-hybridized carbons (Fsp3) is 0.263. The van der Waals surface area contributed by atoms with Crippen LogP contribution in [0.2, 0.25) is 0 Å². The van der Waals surface area contributed by atoms with Crippen LogP contribution in [-0.4, -0.2) is 29.1 Å². The number of aromatic nitrogens is 2. The van der Waals surface area contributed by atoms with Gasteiger partial charge < -0.3 is 9.47 Å². The van der Waals surface area contributed by atoms with Gasteiger partial charge in [-0.1, -0.05) is 18.2 Å². The van der Waals surface area contributed by atoms with Gasteiger partial charge in [0.1, 0.15) is 17.1 Å². The maximum absolute atomic E-state index is 11.7. The number of hydrogen-bond donors (Lipinski definition) is 0. The molecule has 1 aromatic carbocycles. The molecule has 0 spiro atoms. The average molecular weight is 352 g/mol. The minimum absolute atomic E-state index is 0.0269. The lowest BCUT2D eigenvalue weighted by Gasteiger charge is -2.05. The van der Waals surface area contributed by atoms with Gasteiger partial charge in [-0.25, -0.2) is 4.98 Å². The highest BCUT2D eigenvalue weighted by Gasteiger charge is 2.17. The van der Waals surface area contributed by atoms with Crippen molar-refractivity contribution in [2.24, 2.45) is 10.2 Å². The highest BCUT2D eigenvalue weighted by atomic mass is 16.5. The maximum atomic E-state index is 11.7. The van der Waals surface area contributed by atoms with Crippen molar-refractivity contribution in [1.29, 1.82) is 0 Å². The Kier molecular flexibility index (Phi) is 5.26. The number of fused-ring (bicyclic) bond motifs is 1.